The van der Waals surface area contributed by atoms with Crippen molar-refractivity contribution in [3.63, 3.8) is 0 Å². The smallest absolute Gasteiger partial charge is 0.148 e. The second kappa shape index (κ2) is 7.50. The molecule has 0 fully saturated rings. The number of benzene rings is 1. The summed E-state index contributed by atoms with van der Waals surface area (Å²) in [5.41, 5.74) is 2.56. The molecule has 1 aromatic carbocycles. The van der Waals surface area contributed by atoms with Gasteiger partial charge in [-0.15, -0.1) is 10.2 Å². The van der Waals surface area contributed by atoms with E-state index in [1.807, 2.05) is 0 Å². The molecule has 0 aliphatic heterocycles. The molecule has 0 saturated heterocycles. The van der Waals surface area contributed by atoms with E-state index in [0.717, 1.165) is 35.8 Å². The lowest BCUT2D eigenvalue weighted by Gasteiger charge is -2.12. The summed E-state index contributed by atoms with van der Waals surface area (Å²) < 4.78 is 0. The van der Waals surface area contributed by atoms with Gasteiger partial charge in [-0.25, -0.2) is 0 Å². The van der Waals surface area contributed by atoms with Gasteiger partial charge in [0.25, 0.3) is 0 Å². The molecule has 1 atom stereocenters. The molecule has 0 radical (unpaired) electrons. The first kappa shape index (κ1) is 15.1. The standard InChI is InChI=1S/C16H23N3S/c1-4-11-17-14(6-3)16-19-18-15(20-16)13-10-8-7-9-12(13)5-2/h7-10,14,17H,4-6,11H2,1-3H3. The summed E-state index contributed by atoms with van der Waals surface area (Å²) in [6.45, 7) is 7.58. The Kier molecular flexibility index (Phi) is 5.68. The van der Waals surface area contributed by atoms with Gasteiger partial charge >= 0.3 is 0 Å². The fourth-order valence-electron chi connectivity index (χ4n) is 2.25. The zero-order chi connectivity index (χ0) is 14.4. The minimum absolute atomic E-state index is 0.329. The maximum Gasteiger partial charge on any atom is 0.148 e. The summed E-state index contributed by atoms with van der Waals surface area (Å²) in [5, 5.41) is 14.5. The summed E-state index contributed by atoms with van der Waals surface area (Å²) in [5.74, 6) is 0. The third kappa shape index (κ3) is 3.44. The van der Waals surface area contributed by atoms with Gasteiger partial charge in [0.2, 0.25) is 0 Å². The van der Waals surface area contributed by atoms with E-state index in [0.29, 0.717) is 6.04 Å². The number of rotatable bonds is 7. The van der Waals surface area contributed by atoms with E-state index < -0.39 is 0 Å². The quantitative estimate of drug-likeness (QED) is 0.829. The summed E-state index contributed by atoms with van der Waals surface area (Å²) in [6.07, 6.45) is 3.21. The van der Waals surface area contributed by atoms with Crippen molar-refractivity contribution in [3.05, 3.63) is 34.8 Å². The highest BCUT2D eigenvalue weighted by molar-refractivity contribution is 7.14. The molecule has 2 rings (SSSR count). The second-order valence-electron chi connectivity index (χ2n) is 4.87. The Labute approximate surface area is 125 Å². The first-order valence-electron chi connectivity index (χ1n) is 7.45. The van der Waals surface area contributed by atoms with E-state index in [-0.39, 0.29) is 0 Å². The third-order valence-corrected chi connectivity index (χ3v) is 4.49. The molecule has 3 nitrogen and oxygen atoms in total. The van der Waals surface area contributed by atoms with E-state index in [1.54, 1.807) is 11.3 Å². The van der Waals surface area contributed by atoms with Crippen molar-refractivity contribution in [2.45, 2.75) is 46.1 Å². The number of hydrogen-bond donors (Lipinski definition) is 1. The SMILES string of the molecule is CCCNC(CC)c1nnc(-c2ccccc2CC)s1. The number of aromatic nitrogens is 2. The molecule has 1 heterocycles. The fraction of sp³-hybridized carbons (Fsp3) is 0.500. The van der Waals surface area contributed by atoms with Crippen LogP contribution in [0.4, 0.5) is 0 Å². The lowest BCUT2D eigenvalue weighted by atomic mass is 10.1. The molecule has 4 heteroatoms. The molecule has 0 amide bonds. The molecule has 1 N–H and O–H groups in total. The molecule has 1 aromatic heterocycles. The van der Waals surface area contributed by atoms with E-state index in [9.17, 15) is 0 Å². The van der Waals surface area contributed by atoms with E-state index in [1.165, 1.54) is 11.1 Å². The maximum atomic E-state index is 4.40. The Morgan fingerprint density at radius 1 is 1.15 bits per heavy atom. The summed E-state index contributed by atoms with van der Waals surface area (Å²) in [6, 6.07) is 8.80. The highest BCUT2D eigenvalue weighted by Crippen LogP contribution is 2.30. The van der Waals surface area contributed by atoms with E-state index in [2.05, 4.69) is 60.6 Å². The maximum absolute atomic E-state index is 4.40. The predicted octanol–water partition coefficient (Wildman–Crippen LogP) is 4.22. The molecule has 20 heavy (non-hydrogen) atoms. The van der Waals surface area contributed by atoms with Crippen LogP contribution in [0.25, 0.3) is 10.6 Å². The average Bonchev–Trinajstić information content (AvgIpc) is 2.97. The van der Waals surface area contributed by atoms with Gasteiger partial charge < -0.3 is 5.32 Å². The minimum Gasteiger partial charge on any atom is -0.308 e. The zero-order valence-electron chi connectivity index (χ0n) is 12.5. The normalized spacial score (nSPS) is 12.6. The zero-order valence-corrected chi connectivity index (χ0v) is 13.3. The minimum atomic E-state index is 0.329. The van der Waals surface area contributed by atoms with Crippen molar-refractivity contribution in [1.29, 1.82) is 0 Å². The van der Waals surface area contributed by atoms with Gasteiger partial charge in [0, 0.05) is 5.56 Å². The highest BCUT2D eigenvalue weighted by atomic mass is 32.1. The topological polar surface area (TPSA) is 37.8 Å². The molecule has 108 valence electrons. The molecule has 1 unspecified atom stereocenters. The monoisotopic (exact) mass is 289 g/mol. The van der Waals surface area contributed by atoms with Crippen molar-refractivity contribution < 1.29 is 0 Å². The Morgan fingerprint density at radius 3 is 2.65 bits per heavy atom. The third-order valence-electron chi connectivity index (χ3n) is 3.42. The van der Waals surface area contributed by atoms with Crippen LogP contribution in [0.15, 0.2) is 24.3 Å². The molecule has 2 aromatic rings. The molecule has 0 aliphatic rings. The van der Waals surface area contributed by atoms with Crippen LogP contribution in [0, 0.1) is 0 Å². The van der Waals surface area contributed by atoms with Crippen LogP contribution >= 0.6 is 11.3 Å². The Hall–Kier alpha value is -1.26. The van der Waals surface area contributed by atoms with Gasteiger partial charge in [-0.1, -0.05) is 56.4 Å². The number of nitrogens with zero attached hydrogens (tertiary/aromatic N) is 2. The van der Waals surface area contributed by atoms with Crippen molar-refractivity contribution in [2.24, 2.45) is 0 Å². The van der Waals surface area contributed by atoms with Crippen molar-refractivity contribution in [3.8, 4) is 10.6 Å². The first-order chi connectivity index (χ1) is 9.80. The second-order valence-corrected chi connectivity index (χ2v) is 5.88. The summed E-state index contributed by atoms with van der Waals surface area (Å²) >= 11 is 1.71. The Bertz CT molecular complexity index is 536. The number of aryl methyl sites for hydroxylation is 1. The fourth-order valence-corrected chi connectivity index (χ4v) is 3.31. The molecular formula is C16H23N3S. The van der Waals surface area contributed by atoms with Crippen LogP contribution in [0.2, 0.25) is 0 Å². The summed E-state index contributed by atoms with van der Waals surface area (Å²) in [4.78, 5) is 0. The van der Waals surface area contributed by atoms with Crippen molar-refractivity contribution >= 4 is 11.3 Å². The van der Waals surface area contributed by atoms with Crippen LogP contribution in [-0.4, -0.2) is 16.7 Å². The first-order valence-corrected chi connectivity index (χ1v) is 8.26. The average molecular weight is 289 g/mol. The highest BCUT2D eigenvalue weighted by Gasteiger charge is 2.16. The molecule has 0 bridgehead atoms. The molecule has 0 spiro atoms. The molecular weight excluding hydrogens is 266 g/mol. The van der Waals surface area contributed by atoms with Crippen molar-refractivity contribution in [2.75, 3.05) is 6.54 Å². The number of hydrogen-bond acceptors (Lipinski definition) is 4. The van der Waals surface area contributed by atoms with Crippen molar-refractivity contribution in [1.82, 2.24) is 15.5 Å². The molecule has 0 aliphatic carbocycles. The van der Waals surface area contributed by atoms with E-state index in [4.69, 9.17) is 0 Å². The van der Waals surface area contributed by atoms with Gasteiger partial charge in [0.1, 0.15) is 10.0 Å². The Balaban J connectivity index is 2.23. The van der Waals surface area contributed by atoms with Crippen LogP contribution in [-0.2, 0) is 6.42 Å². The van der Waals surface area contributed by atoms with Gasteiger partial charge in [-0.3, -0.25) is 0 Å². The lowest BCUT2D eigenvalue weighted by Crippen LogP contribution is -2.21. The van der Waals surface area contributed by atoms with Crippen LogP contribution in [0.5, 0.6) is 0 Å². The van der Waals surface area contributed by atoms with Gasteiger partial charge in [0.15, 0.2) is 0 Å². The Morgan fingerprint density at radius 2 is 1.95 bits per heavy atom. The van der Waals surface area contributed by atoms with Gasteiger partial charge in [0.05, 0.1) is 6.04 Å². The van der Waals surface area contributed by atoms with Gasteiger partial charge in [-0.05, 0) is 31.4 Å². The number of nitrogens with one attached hydrogen (secondary N) is 1. The van der Waals surface area contributed by atoms with Crippen LogP contribution in [0.1, 0.15) is 50.2 Å². The van der Waals surface area contributed by atoms with Crippen LogP contribution < -0.4 is 5.32 Å². The van der Waals surface area contributed by atoms with Gasteiger partial charge in [-0.2, -0.15) is 0 Å². The lowest BCUT2D eigenvalue weighted by molar-refractivity contribution is 0.513. The van der Waals surface area contributed by atoms with E-state index >= 15 is 0 Å². The largest absolute Gasteiger partial charge is 0.308 e. The van der Waals surface area contributed by atoms with Crippen LogP contribution in [0.3, 0.4) is 0 Å². The molecule has 0 saturated carbocycles. The predicted molar refractivity (Wildman–Crippen MR) is 86.0 cm³/mol. The summed E-state index contributed by atoms with van der Waals surface area (Å²) in [7, 11) is 0.